The molecule has 0 rings (SSSR count). The number of unbranched alkanes of at least 4 members (excludes halogenated alkanes) is 44. The molecule has 0 saturated heterocycles. The molecule has 92 heavy (non-hydrogen) atoms. The summed E-state index contributed by atoms with van der Waals surface area (Å²) in [6.45, 7) is 7.29. The van der Waals surface area contributed by atoms with Gasteiger partial charge in [0.15, 0.2) is 12.2 Å². The molecule has 0 aromatic rings. The number of carbonyl (C=O) groups is 4. The predicted molar refractivity (Wildman–Crippen MR) is 372 cm³/mol. The minimum atomic E-state index is -4.95. The smallest absolute Gasteiger partial charge is 0.462 e. The second kappa shape index (κ2) is 66.3. The predicted octanol–water partition coefficient (Wildman–Crippen LogP) is 21.3. The molecule has 0 aliphatic rings. The van der Waals surface area contributed by atoms with Crippen molar-refractivity contribution in [3.8, 4) is 0 Å². The van der Waals surface area contributed by atoms with Gasteiger partial charge in [0.05, 0.1) is 26.4 Å². The van der Waals surface area contributed by atoms with Crippen molar-refractivity contribution in [3.63, 3.8) is 0 Å². The maximum atomic E-state index is 13.0. The molecule has 0 aliphatic carbocycles. The van der Waals surface area contributed by atoms with Gasteiger partial charge >= 0.3 is 39.5 Å². The Balaban J connectivity index is 5.13. The van der Waals surface area contributed by atoms with Crippen LogP contribution in [0.15, 0.2) is 0 Å². The topological polar surface area (TPSA) is 237 Å². The van der Waals surface area contributed by atoms with Gasteiger partial charge in [0.25, 0.3) is 0 Å². The van der Waals surface area contributed by atoms with Crippen LogP contribution in [-0.4, -0.2) is 96.7 Å². The van der Waals surface area contributed by atoms with Crippen molar-refractivity contribution in [2.75, 3.05) is 39.6 Å². The van der Waals surface area contributed by atoms with Gasteiger partial charge in [0, 0.05) is 25.7 Å². The van der Waals surface area contributed by atoms with Crippen molar-refractivity contribution in [1.82, 2.24) is 0 Å². The summed E-state index contributed by atoms with van der Waals surface area (Å²) in [6, 6.07) is 0. The highest BCUT2D eigenvalue weighted by molar-refractivity contribution is 7.47. The molecular formula is C73H142O17P2. The molecule has 0 saturated carbocycles. The van der Waals surface area contributed by atoms with E-state index in [2.05, 4.69) is 34.6 Å². The molecule has 546 valence electrons. The van der Waals surface area contributed by atoms with Crippen LogP contribution < -0.4 is 0 Å². The summed E-state index contributed by atoms with van der Waals surface area (Å²) in [7, 11) is -9.90. The van der Waals surface area contributed by atoms with E-state index in [1.807, 2.05) is 0 Å². The van der Waals surface area contributed by atoms with E-state index in [9.17, 15) is 43.2 Å². The third kappa shape index (κ3) is 65.4. The van der Waals surface area contributed by atoms with Crippen LogP contribution in [0.2, 0.25) is 0 Å². The van der Waals surface area contributed by atoms with Crippen molar-refractivity contribution in [3.05, 3.63) is 0 Å². The van der Waals surface area contributed by atoms with Crippen molar-refractivity contribution < 1.29 is 80.2 Å². The Bertz CT molecular complexity index is 1770. The van der Waals surface area contributed by atoms with Crippen LogP contribution >= 0.6 is 15.6 Å². The van der Waals surface area contributed by atoms with Gasteiger partial charge in [-0.1, -0.05) is 330 Å². The zero-order valence-corrected chi connectivity index (χ0v) is 61.5. The SMILES string of the molecule is CCCCCCCCCCCCCCC(=O)OC[C@H](COP(=O)(O)OC[C@@H](O)COP(=O)(O)OC[C@@H](COC(=O)CCCCCCCCC)OC(=O)CCCCCCCCCCCCC)OC(=O)CCCCCCCCCCCCCCCCCCCCC(C)CC. The average Bonchev–Trinajstić information content (AvgIpc) is 3.73. The number of aliphatic hydroxyl groups excluding tert-OH is 1. The summed E-state index contributed by atoms with van der Waals surface area (Å²) in [5.74, 6) is -1.25. The lowest BCUT2D eigenvalue weighted by Crippen LogP contribution is -2.30. The monoisotopic (exact) mass is 1350 g/mol. The van der Waals surface area contributed by atoms with Gasteiger partial charge < -0.3 is 33.8 Å². The molecule has 0 bridgehead atoms. The van der Waals surface area contributed by atoms with Crippen molar-refractivity contribution in [2.45, 2.75) is 400 Å². The van der Waals surface area contributed by atoms with Crippen LogP contribution in [0.4, 0.5) is 0 Å². The maximum Gasteiger partial charge on any atom is 0.472 e. The number of esters is 4. The van der Waals surface area contributed by atoms with E-state index in [4.69, 9.17) is 37.0 Å². The van der Waals surface area contributed by atoms with E-state index in [0.717, 1.165) is 109 Å². The Morgan fingerprint density at radius 1 is 0.304 bits per heavy atom. The molecule has 3 N–H and O–H groups in total. The highest BCUT2D eigenvalue weighted by atomic mass is 31.2. The number of aliphatic hydroxyl groups is 1. The van der Waals surface area contributed by atoms with E-state index >= 15 is 0 Å². The lowest BCUT2D eigenvalue weighted by molar-refractivity contribution is -0.161. The van der Waals surface area contributed by atoms with Crippen LogP contribution in [0.25, 0.3) is 0 Å². The number of rotatable bonds is 73. The highest BCUT2D eigenvalue weighted by Crippen LogP contribution is 2.45. The molecule has 0 heterocycles. The van der Waals surface area contributed by atoms with Crippen LogP contribution in [0, 0.1) is 5.92 Å². The Hall–Kier alpha value is -1.94. The van der Waals surface area contributed by atoms with E-state index in [1.54, 1.807) is 0 Å². The molecule has 0 amide bonds. The van der Waals surface area contributed by atoms with Gasteiger partial charge in [-0.2, -0.15) is 0 Å². The Morgan fingerprint density at radius 2 is 0.522 bits per heavy atom. The van der Waals surface area contributed by atoms with E-state index < -0.39 is 97.5 Å². The molecule has 0 aromatic carbocycles. The molecule has 19 heteroatoms. The standard InChI is InChI=1S/C73H142O17P2/c1-6-10-13-16-19-21-23-34-37-42-47-52-57-71(76)84-63-69(90-73(78)59-54-49-44-39-35-31-29-27-25-24-26-28-30-33-36-41-45-50-55-66(5)9-4)65-88-92(81,82)86-61-67(74)60-85-91(79,80)87-64-68(62-83-70(75)56-51-46-40-18-15-12-8-3)89-72(77)58-53-48-43-38-32-22-20-17-14-11-7-2/h66-69,74H,6-65H2,1-5H3,(H,79,80)(H,81,82)/t66?,67-,68+,69+/m0/s1. The summed E-state index contributed by atoms with van der Waals surface area (Å²) in [5.41, 5.74) is 0. The van der Waals surface area contributed by atoms with Gasteiger partial charge in [-0.3, -0.25) is 37.3 Å². The second-order valence-electron chi connectivity index (χ2n) is 26.6. The van der Waals surface area contributed by atoms with Crippen LogP contribution in [0.1, 0.15) is 381 Å². The minimum Gasteiger partial charge on any atom is -0.462 e. The Morgan fingerprint density at radius 3 is 0.772 bits per heavy atom. The molecule has 0 spiro atoms. The van der Waals surface area contributed by atoms with Crippen LogP contribution in [0.3, 0.4) is 0 Å². The Labute approximate surface area is 562 Å². The fraction of sp³-hybridized carbons (Fsp3) is 0.945. The van der Waals surface area contributed by atoms with Gasteiger partial charge in [-0.25, -0.2) is 9.13 Å². The first kappa shape index (κ1) is 90.1. The van der Waals surface area contributed by atoms with Crippen molar-refractivity contribution >= 4 is 39.5 Å². The molecule has 0 radical (unpaired) electrons. The Kier molecular flexibility index (Phi) is 64.9. The first-order chi connectivity index (χ1) is 44.6. The number of ether oxygens (including phenoxy) is 4. The first-order valence-electron chi connectivity index (χ1n) is 38.2. The summed E-state index contributed by atoms with van der Waals surface area (Å²) < 4.78 is 68.2. The molecule has 3 unspecified atom stereocenters. The van der Waals surface area contributed by atoms with E-state index in [1.165, 1.54) is 193 Å². The molecular weight excluding hydrogens is 1210 g/mol. The molecule has 0 aliphatic heterocycles. The summed E-state index contributed by atoms with van der Waals surface area (Å²) in [4.78, 5) is 72.5. The number of hydrogen-bond donors (Lipinski definition) is 3. The lowest BCUT2D eigenvalue weighted by Gasteiger charge is -2.21. The van der Waals surface area contributed by atoms with Gasteiger partial charge in [-0.15, -0.1) is 0 Å². The number of phosphoric ester groups is 2. The van der Waals surface area contributed by atoms with E-state index in [-0.39, 0.29) is 25.7 Å². The number of carbonyl (C=O) groups excluding carboxylic acids is 4. The van der Waals surface area contributed by atoms with Crippen LogP contribution in [0.5, 0.6) is 0 Å². The quantitative estimate of drug-likeness (QED) is 0.0222. The number of phosphoric acid groups is 2. The third-order valence-corrected chi connectivity index (χ3v) is 19.3. The van der Waals surface area contributed by atoms with Gasteiger partial charge in [0.2, 0.25) is 0 Å². The van der Waals surface area contributed by atoms with Gasteiger partial charge in [-0.05, 0) is 31.6 Å². The third-order valence-electron chi connectivity index (χ3n) is 17.4. The van der Waals surface area contributed by atoms with Crippen molar-refractivity contribution in [2.24, 2.45) is 5.92 Å². The fourth-order valence-electron chi connectivity index (χ4n) is 11.1. The molecule has 17 nitrogen and oxygen atoms in total. The van der Waals surface area contributed by atoms with Crippen LogP contribution in [-0.2, 0) is 65.4 Å². The van der Waals surface area contributed by atoms with E-state index in [0.29, 0.717) is 25.7 Å². The lowest BCUT2D eigenvalue weighted by atomic mass is 9.99. The molecule has 0 aromatic heterocycles. The largest absolute Gasteiger partial charge is 0.472 e. The zero-order chi connectivity index (χ0) is 67.7. The summed E-state index contributed by atoms with van der Waals surface area (Å²) in [6.07, 6.45) is 54.2. The zero-order valence-electron chi connectivity index (χ0n) is 59.7. The second-order valence-corrected chi connectivity index (χ2v) is 29.5. The fourth-order valence-corrected chi connectivity index (χ4v) is 12.7. The summed E-state index contributed by atoms with van der Waals surface area (Å²) in [5, 5.41) is 10.6. The maximum absolute atomic E-state index is 13.0. The first-order valence-corrected chi connectivity index (χ1v) is 41.2. The van der Waals surface area contributed by atoms with Gasteiger partial charge in [0.1, 0.15) is 19.3 Å². The van der Waals surface area contributed by atoms with Crippen molar-refractivity contribution in [1.29, 1.82) is 0 Å². The highest BCUT2D eigenvalue weighted by Gasteiger charge is 2.30. The molecule has 0 fully saturated rings. The number of hydrogen-bond acceptors (Lipinski definition) is 15. The summed E-state index contributed by atoms with van der Waals surface area (Å²) >= 11 is 0. The average molecular weight is 1350 g/mol. The minimum absolute atomic E-state index is 0.107. The molecule has 6 atom stereocenters. The normalized spacial score (nSPS) is 14.3.